The van der Waals surface area contributed by atoms with Crippen LogP contribution in [0.25, 0.3) is 0 Å². The molecule has 0 fully saturated rings. The Hall–Kier alpha value is -1.88. The lowest BCUT2D eigenvalue weighted by Crippen LogP contribution is -2.16. The molecule has 0 spiro atoms. The molecular formula is C15H22N4O. The van der Waals surface area contributed by atoms with Crippen LogP contribution >= 0.6 is 0 Å². The zero-order valence-electron chi connectivity index (χ0n) is 12.5. The van der Waals surface area contributed by atoms with Gasteiger partial charge in [0.05, 0.1) is 12.3 Å². The fourth-order valence-corrected chi connectivity index (χ4v) is 2.15. The van der Waals surface area contributed by atoms with Gasteiger partial charge in [0.1, 0.15) is 5.82 Å². The number of aliphatic hydroxyl groups excluding tert-OH is 1. The molecule has 2 rings (SSSR count). The first-order valence-corrected chi connectivity index (χ1v) is 6.73. The average Bonchev–Trinajstić information content (AvgIpc) is 2.78. The third-order valence-corrected chi connectivity index (χ3v) is 3.08. The maximum absolute atomic E-state index is 9.13. The molecule has 5 nitrogen and oxygen atoms in total. The molecule has 2 heterocycles. The second-order valence-corrected chi connectivity index (χ2v) is 5.99. The van der Waals surface area contributed by atoms with Crippen LogP contribution in [-0.4, -0.2) is 19.9 Å². The maximum atomic E-state index is 9.13. The first kappa shape index (κ1) is 14.5. The van der Waals surface area contributed by atoms with Gasteiger partial charge in [-0.2, -0.15) is 5.10 Å². The lowest BCUT2D eigenvalue weighted by atomic mass is 9.89. The summed E-state index contributed by atoms with van der Waals surface area (Å²) in [6, 6.07) is 3.66. The molecule has 5 heteroatoms. The van der Waals surface area contributed by atoms with Crippen LogP contribution in [-0.2, 0) is 25.6 Å². The minimum absolute atomic E-state index is 0.0125. The van der Waals surface area contributed by atoms with Crippen molar-refractivity contribution in [2.75, 3.05) is 5.32 Å². The molecule has 108 valence electrons. The number of pyridine rings is 1. The molecule has 0 saturated carbocycles. The van der Waals surface area contributed by atoms with E-state index in [0.29, 0.717) is 6.54 Å². The van der Waals surface area contributed by atoms with Gasteiger partial charge in [0.15, 0.2) is 0 Å². The number of rotatable bonds is 4. The number of nitrogens with zero attached hydrogens (tertiary/aromatic N) is 3. The zero-order valence-corrected chi connectivity index (χ0v) is 12.5. The molecule has 0 atom stereocenters. The number of hydrogen-bond acceptors (Lipinski definition) is 4. The second-order valence-electron chi connectivity index (χ2n) is 5.99. The van der Waals surface area contributed by atoms with E-state index in [1.54, 1.807) is 12.3 Å². The van der Waals surface area contributed by atoms with Crippen molar-refractivity contribution in [2.45, 2.75) is 39.3 Å². The van der Waals surface area contributed by atoms with Crippen LogP contribution in [0.5, 0.6) is 0 Å². The van der Waals surface area contributed by atoms with Crippen LogP contribution in [0.15, 0.2) is 24.5 Å². The van der Waals surface area contributed by atoms with Crippen LogP contribution in [0.1, 0.15) is 37.6 Å². The highest BCUT2D eigenvalue weighted by molar-refractivity contribution is 5.39. The van der Waals surface area contributed by atoms with Gasteiger partial charge in [-0.1, -0.05) is 20.8 Å². The van der Waals surface area contributed by atoms with Crippen LogP contribution in [0.2, 0.25) is 0 Å². The highest BCUT2D eigenvalue weighted by Gasteiger charge is 2.21. The minimum atomic E-state index is 0.0125. The Balaban J connectivity index is 2.14. The van der Waals surface area contributed by atoms with Crippen LogP contribution in [0.3, 0.4) is 0 Å². The molecule has 2 aromatic heterocycles. The second kappa shape index (κ2) is 5.63. The van der Waals surface area contributed by atoms with Gasteiger partial charge in [0, 0.05) is 37.0 Å². The van der Waals surface area contributed by atoms with E-state index >= 15 is 0 Å². The van der Waals surface area contributed by atoms with Crippen molar-refractivity contribution in [3.8, 4) is 0 Å². The molecule has 0 aliphatic carbocycles. The highest BCUT2D eigenvalue weighted by Crippen LogP contribution is 2.24. The van der Waals surface area contributed by atoms with Crippen molar-refractivity contribution in [3.05, 3.63) is 41.3 Å². The first-order chi connectivity index (χ1) is 9.40. The third kappa shape index (κ3) is 3.36. The summed E-state index contributed by atoms with van der Waals surface area (Å²) in [5.74, 6) is 0.764. The van der Waals surface area contributed by atoms with Crippen molar-refractivity contribution in [2.24, 2.45) is 7.05 Å². The molecule has 0 radical (unpaired) electrons. The fourth-order valence-electron chi connectivity index (χ4n) is 2.15. The lowest BCUT2D eigenvalue weighted by Gasteiger charge is -2.17. The summed E-state index contributed by atoms with van der Waals surface area (Å²) in [5.41, 5.74) is 3.12. The molecule has 0 aromatic carbocycles. The summed E-state index contributed by atoms with van der Waals surface area (Å²) < 4.78 is 1.84. The zero-order chi connectivity index (χ0) is 14.8. The Morgan fingerprint density at radius 3 is 2.75 bits per heavy atom. The van der Waals surface area contributed by atoms with Crippen molar-refractivity contribution >= 4 is 5.82 Å². The largest absolute Gasteiger partial charge is 0.392 e. The van der Waals surface area contributed by atoms with Gasteiger partial charge in [0.2, 0.25) is 0 Å². The van der Waals surface area contributed by atoms with Crippen molar-refractivity contribution in [1.82, 2.24) is 14.8 Å². The summed E-state index contributed by atoms with van der Waals surface area (Å²) in [7, 11) is 1.93. The average molecular weight is 274 g/mol. The summed E-state index contributed by atoms with van der Waals surface area (Å²) >= 11 is 0. The normalized spacial score (nSPS) is 11.7. The quantitative estimate of drug-likeness (QED) is 0.897. The Labute approximate surface area is 119 Å². The number of anilines is 1. The Kier molecular flexibility index (Phi) is 4.09. The van der Waals surface area contributed by atoms with Gasteiger partial charge in [-0.3, -0.25) is 4.68 Å². The number of aromatic nitrogens is 3. The summed E-state index contributed by atoms with van der Waals surface area (Å²) in [5, 5.41) is 17.0. The van der Waals surface area contributed by atoms with E-state index in [4.69, 9.17) is 5.11 Å². The van der Waals surface area contributed by atoms with Gasteiger partial charge < -0.3 is 10.4 Å². The van der Waals surface area contributed by atoms with Crippen LogP contribution in [0, 0.1) is 0 Å². The molecule has 0 aliphatic heterocycles. The highest BCUT2D eigenvalue weighted by atomic mass is 16.3. The molecule has 0 bridgehead atoms. The Morgan fingerprint density at radius 2 is 2.10 bits per heavy atom. The van der Waals surface area contributed by atoms with Gasteiger partial charge in [-0.15, -0.1) is 0 Å². The topological polar surface area (TPSA) is 63.0 Å². The molecule has 0 unspecified atom stereocenters. The van der Waals surface area contributed by atoms with Gasteiger partial charge >= 0.3 is 0 Å². The molecule has 2 N–H and O–H groups in total. The fraction of sp³-hybridized carbons (Fsp3) is 0.467. The van der Waals surface area contributed by atoms with Crippen molar-refractivity contribution < 1.29 is 5.11 Å². The van der Waals surface area contributed by atoms with Gasteiger partial charge in [-0.05, 0) is 17.7 Å². The summed E-state index contributed by atoms with van der Waals surface area (Å²) in [4.78, 5) is 4.25. The smallest absolute Gasteiger partial charge is 0.126 e. The Bertz CT molecular complexity index is 584. The van der Waals surface area contributed by atoms with Crippen molar-refractivity contribution in [3.63, 3.8) is 0 Å². The van der Waals surface area contributed by atoms with Gasteiger partial charge in [0.25, 0.3) is 0 Å². The van der Waals surface area contributed by atoms with E-state index in [2.05, 4.69) is 36.2 Å². The van der Waals surface area contributed by atoms with E-state index in [1.807, 2.05) is 24.0 Å². The summed E-state index contributed by atoms with van der Waals surface area (Å²) in [6.07, 6.45) is 3.73. The van der Waals surface area contributed by atoms with E-state index < -0.39 is 0 Å². The number of nitrogens with one attached hydrogen (secondary N) is 1. The number of aliphatic hydroxyl groups is 1. The molecule has 0 saturated heterocycles. The molecule has 20 heavy (non-hydrogen) atoms. The predicted molar refractivity (Wildman–Crippen MR) is 79.4 cm³/mol. The third-order valence-electron chi connectivity index (χ3n) is 3.08. The lowest BCUT2D eigenvalue weighted by molar-refractivity contribution is 0.282. The van der Waals surface area contributed by atoms with E-state index in [-0.39, 0.29) is 12.0 Å². The van der Waals surface area contributed by atoms with Crippen LogP contribution in [0.4, 0.5) is 5.82 Å². The first-order valence-electron chi connectivity index (χ1n) is 6.73. The standard InChI is InChI=1S/C15H22N4O/c1-15(2,3)14-12(9-19(4)18-14)8-17-13-7-11(10-20)5-6-16-13/h5-7,9,20H,8,10H2,1-4H3,(H,16,17). The molecular weight excluding hydrogens is 252 g/mol. The SMILES string of the molecule is Cn1cc(CNc2cc(CO)ccn2)c(C(C)(C)C)n1. The van der Waals surface area contributed by atoms with Gasteiger partial charge in [-0.25, -0.2) is 4.98 Å². The molecule has 2 aromatic rings. The minimum Gasteiger partial charge on any atom is -0.392 e. The molecule has 0 aliphatic rings. The monoisotopic (exact) mass is 274 g/mol. The van der Waals surface area contributed by atoms with E-state index in [0.717, 1.165) is 22.6 Å². The number of hydrogen-bond donors (Lipinski definition) is 2. The van der Waals surface area contributed by atoms with E-state index in [9.17, 15) is 0 Å². The number of aryl methyl sites for hydroxylation is 1. The maximum Gasteiger partial charge on any atom is 0.126 e. The molecule has 0 amide bonds. The van der Waals surface area contributed by atoms with Crippen LogP contribution < -0.4 is 5.32 Å². The predicted octanol–water partition coefficient (Wildman–Crippen LogP) is 2.22. The Morgan fingerprint density at radius 1 is 1.35 bits per heavy atom. The summed E-state index contributed by atoms with van der Waals surface area (Å²) in [6.45, 7) is 7.16. The van der Waals surface area contributed by atoms with E-state index in [1.165, 1.54) is 0 Å². The van der Waals surface area contributed by atoms with Crippen molar-refractivity contribution in [1.29, 1.82) is 0 Å².